The quantitative estimate of drug-likeness (QED) is 0.270. The van der Waals surface area contributed by atoms with Crippen molar-refractivity contribution in [3.05, 3.63) is 35.7 Å². The van der Waals surface area contributed by atoms with Crippen LogP contribution in [0.1, 0.15) is 32.1 Å². The number of nitrogens with one attached hydrogen (secondary N) is 1. The number of benzene rings is 1. The van der Waals surface area contributed by atoms with Crippen LogP contribution >= 0.6 is 11.3 Å². The first-order chi connectivity index (χ1) is 15.7. The van der Waals surface area contributed by atoms with Gasteiger partial charge in [0.2, 0.25) is 5.91 Å². The average molecular weight is 457 g/mol. The van der Waals surface area contributed by atoms with Crippen molar-refractivity contribution < 1.29 is 19.5 Å². The van der Waals surface area contributed by atoms with E-state index in [9.17, 15) is 4.79 Å². The molecule has 2 aromatic heterocycles. The molecule has 1 saturated heterocycles. The predicted molar refractivity (Wildman–Crippen MR) is 124 cm³/mol. The van der Waals surface area contributed by atoms with Crippen molar-refractivity contribution in [3.63, 3.8) is 0 Å². The van der Waals surface area contributed by atoms with Crippen molar-refractivity contribution in [2.24, 2.45) is 0 Å². The van der Waals surface area contributed by atoms with E-state index in [0.29, 0.717) is 32.1 Å². The molecule has 9 heteroatoms. The molecule has 1 aromatic carbocycles. The Kier molecular flexibility index (Phi) is 7.87. The molecule has 1 amide bonds. The van der Waals surface area contributed by atoms with Gasteiger partial charge in [0.1, 0.15) is 5.75 Å². The maximum Gasteiger partial charge on any atom is 0.243 e. The second-order valence-corrected chi connectivity index (χ2v) is 8.60. The lowest BCUT2D eigenvalue weighted by atomic mass is 10.1. The summed E-state index contributed by atoms with van der Waals surface area (Å²) >= 11 is 1.67. The van der Waals surface area contributed by atoms with Crippen LogP contribution in [0.25, 0.3) is 21.6 Å². The molecule has 1 aliphatic heterocycles. The lowest BCUT2D eigenvalue weighted by molar-refractivity contribution is -0.129. The van der Waals surface area contributed by atoms with Gasteiger partial charge in [-0.2, -0.15) is 0 Å². The molecule has 1 aliphatic rings. The zero-order valence-electron chi connectivity index (χ0n) is 18.0. The van der Waals surface area contributed by atoms with Gasteiger partial charge in [0, 0.05) is 25.1 Å². The minimum Gasteiger partial charge on any atom is -0.494 e. The number of aromatic nitrogens is 2. The first-order valence-corrected chi connectivity index (χ1v) is 11.9. The van der Waals surface area contributed by atoms with Gasteiger partial charge in [-0.3, -0.25) is 10.0 Å². The van der Waals surface area contributed by atoms with E-state index in [1.165, 1.54) is 0 Å². The predicted octanol–water partition coefficient (Wildman–Crippen LogP) is 4.03. The first kappa shape index (κ1) is 22.4. The monoisotopic (exact) mass is 456 g/mol. The van der Waals surface area contributed by atoms with E-state index in [2.05, 4.69) is 10.3 Å². The lowest BCUT2D eigenvalue weighted by Gasteiger charge is -2.28. The molecule has 8 nitrogen and oxygen atoms in total. The molecule has 170 valence electrons. The van der Waals surface area contributed by atoms with E-state index in [1.54, 1.807) is 16.8 Å². The number of hydroxylamine groups is 1. The highest BCUT2D eigenvalue weighted by Crippen LogP contribution is 2.32. The van der Waals surface area contributed by atoms with Gasteiger partial charge >= 0.3 is 0 Å². The highest BCUT2D eigenvalue weighted by molar-refractivity contribution is 7.17. The van der Waals surface area contributed by atoms with Crippen LogP contribution in [0, 0.1) is 0 Å². The number of hydrogen-bond donors (Lipinski definition) is 2. The molecular weight excluding hydrogens is 428 g/mol. The van der Waals surface area contributed by atoms with Gasteiger partial charge < -0.3 is 14.4 Å². The number of fused-ring (bicyclic) bond motifs is 1. The topological polar surface area (TPSA) is 96.8 Å². The van der Waals surface area contributed by atoms with Crippen LogP contribution in [-0.4, -0.2) is 54.0 Å². The molecule has 0 aliphatic carbocycles. The fourth-order valence-corrected chi connectivity index (χ4v) is 4.53. The summed E-state index contributed by atoms with van der Waals surface area (Å²) in [6.07, 6.45) is 3.91. The zero-order valence-corrected chi connectivity index (χ0v) is 18.8. The number of amides is 1. The number of thiophene rings is 1. The van der Waals surface area contributed by atoms with Crippen LogP contribution in [0.15, 0.2) is 35.7 Å². The molecule has 2 N–H and O–H groups in total. The third kappa shape index (κ3) is 5.73. The van der Waals surface area contributed by atoms with Crippen molar-refractivity contribution >= 4 is 33.3 Å². The number of hydrogen-bond acceptors (Lipinski definition) is 8. The molecule has 3 aromatic rings. The molecule has 0 spiro atoms. The summed E-state index contributed by atoms with van der Waals surface area (Å²) in [6.45, 7) is 3.70. The molecular formula is C23H28N4O4S. The highest BCUT2D eigenvalue weighted by Gasteiger charge is 2.19. The zero-order chi connectivity index (χ0) is 22.2. The van der Waals surface area contributed by atoms with E-state index in [4.69, 9.17) is 24.6 Å². The Morgan fingerprint density at radius 3 is 2.84 bits per heavy atom. The minimum absolute atomic E-state index is 0.335. The number of unbranched alkanes of at least 4 members (excludes halogenated alkanes) is 3. The van der Waals surface area contributed by atoms with Gasteiger partial charge in [-0.1, -0.05) is 25.0 Å². The van der Waals surface area contributed by atoms with Crippen molar-refractivity contribution in [2.75, 3.05) is 37.8 Å². The van der Waals surface area contributed by atoms with Gasteiger partial charge in [0.15, 0.2) is 11.6 Å². The van der Waals surface area contributed by atoms with Crippen molar-refractivity contribution in [1.82, 2.24) is 15.4 Å². The van der Waals surface area contributed by atoms with Gasteiger partial charge in [-0.05, 0) is 36.4 Å². The molecule has 3 heterocycles. The highest BCUT2D eigenvalue weighted by atomic mass is 32.1. The van der Waals surface area contributed by atoms with Crippen molar-refractivity contribution in [3.8, 4) is 17.1 Å². The largest absolute Gasteiger partial charge is 0.494 e. The minimum atomic E-state index is -0.335. The van der Waals surface area contributed by atoms with E-state index in [0.717, 1.165) is 66.1 Å². The SMILES string of the molecule is O=C(CCCCCCOc1cccc(-c2nc(N3CCOCC3)c3sccc3n2)c1)NO. The smallest absolute Gasteiger partial charge is 0.243 e. The molecule has 32 heavy (non-hydrogen) atoms. The fraction of sp³-hybridized carbons (Fsp3) is 0.435. The number of carbonyl (C=O) groups is 1. The third-order valence-corrected chi connectivity index (χ3v) is 6.28. The number of anilines is 1. The lowest BCUT2D eigenvalue weighted by Crippen LogP contribution is -2.36. The summed E-state index contributed by atoms with van der Waals surface area (Å²) in [7, 11) is 0. The summed E-state index contributed by atoms with van der Waals surface area (Å²) < 4.78 is 12.6. The van der Waals surface area contributed by atoms with E-state index in [-0.39, 0.29) is 5.91 Å². The number of morpholine rings is 1. The summed E-state index contributed by atoms with van der Waals surface area (Å²) in [5, 5.41) is 10.6. The van der Waals surface area contributed by atoms with Gasteiger partial charge in [-0.25, -0.2) is 15.4 Å². The molecule has 0 atom stereocenters. The van der Waals surface area contributed by atoms with Gasteiger partial charge in [0.05, 0.1) is 30.0 Å². The summed E-state index contributed by atoms with van der Waals surface area (Å²) in [4.78, 5) is 23.0. The normalized spacial score (nSPS) is 14.0. The Morgan fingerprint density at radius 2 is 2.00 bits per heavy atom. The Balaban J connectivity index is 1.39. The molecule has 0 unspecified atom stereocenters. The van der Waals surface area contributed by atoms with Crippen LogP contribution in [0.4, 0.5) is 5.82 Å². The summed E-state index contributed by atoms with van der Waals surface area (Å²) in [5.74, 6) is 2.14. The molecule has 0 radical (unpaired) electrons. The van der Waals surface area contributed by atoms with Crippen LogP contribution in [0.5, 0.6) is 5.75 Å². The van der Waals surface area contributed by atoms with Crippen molar-refractivity contribution in [1.29, 1.82) is 0 Å². The van der Waals surface area contributed by atoms with Gasteiger partial charge in [0.25, 0.3) is 0 Å². The van der Waals surface area contributed by atoms with Crippen LogP contribution in [0.2, 0.25) is 0 Å². The van der Waals surface area contributed by atoms with Crippen LogP contribution in [-0.2, 0) is 9.53 Å². The van der Waals surface area contributed by atoms with Crippen LogP contribution < -0.4 is 15.1 Å². The first-order valence-electron chi connectivity index (χ1n) is 11.0. The average Bonchev–Trinajstić information content (AvgIpc) is 3.32. The van der Waals surface area contributed by atoms with E-state index >= 15 is 0 Å². The Morgan fingerprint density at radius 1 is 1.16 bits per heavy atom. The summed E-state index contributed by atoms with van der Waals surface area (Å²) in [6, 6.07) is 9.95. The van der Waals surface area contributed by atoms with Crippen LogP contribution in [0.3, 0.4) is 0 Å². The van der Waals surface area contributed by atoms with Crippen molar-refractivity contribution in [2.45, 2.75) is 32.1 Å². The van der Waals surface area contributed by atoms with E-state index in [1.807, 2.05) is 30.3 Å². The Hall–Kier alpha value is -2.75. The number of nitrogens with zero attached hydrogens (tertiary/aromatic N) is 3. The number of rotatable bonds is 10. The maximum atomic E-state index is 11.0. The fourth-order valence-electron chi connectivity index (χ4n) is 3.68. The third-order valence-electron chi connectivity index (χ3n) is 5.38. The second-order valence-electron chi connectivity index (χ2n) is 7.68. The Bertz CT molecular complexity index is 1040. The number of carbonyl (C=O) groups excluding carboxylic acids is 1. The maximum absolute atomic E-state index is 11.0. The summed E-state index contributed by atoms with van der Waals surface area (Å²) in [5.41, 5.74) is 3.55. The molecule has 1 fully saturated rings. The molecule has 0 saturated carbocycles. The number of ether oxygens (including phenoxy) is 2. The molecule has 0 bridgehead atoms. The van der Waals surface area contributed by atoms with Gasteiger partial charge in [-0.15, -0.1) is 11.3 Å². The standard InChI is InChI=1S/C23H28N4O4S/c28-20(26-29)8-3-1-2-4-12-31-18-7-5-6-17(16-18)22-24-19-9-15-32-21(19)23(25-22)27-10-13-30-14-11-27/h5-7,9,15-16,29H,1-4,8,10-14H2,(H,26,28). The molecule has 4 rings (SSSR count). The second kappa shape index (κ2) is 11.2. The Labute approximate surface area is 191 Å². The van der Waals surface area contributed by atoms with E-state index < -0.39 is 0 Å².